The van der Waals surface area contributed by atoms with Crippen LogP contribution in [-0.4, -0.2) is 57.5 Å². The van der Waals surface area contributed by atoms with Gasteiger partial charge in [-0.15, -0.1) is 6.58 Å². The Bertz CT molecular complexity index is 301. The third-order valence-electron chi connectivity index (χ3n) is 2.60. The first-order valence-electron chi connectivity index (χ1n) is 5.27. The Morgan fingerprint density at radius 2 is 2.33 bits per heavy atom. The minimum absolute atomic E-state index is 0.121. The Morgan fingerprint density at radius 1 is 1.60 bits per heavy atom. The number of hydrogen-bond acceptors (Lipinski definition) is 4. The van der Waals surface area contributed by atoms with Gasteiger partial charge in [0.2, 0.25) is 0 Å². The Morgan fingerprint density at radius 3 is 2.93 bits per heavy atom. The fraction of sp³-hybridized carbons (Fsp3) is 0.800. The van der Waals surface area contributed by atoms with Crippen molar-refractivity contribution >= 4 is 9.84 Å². The van der Waals surface area contributed by atoms with Gasteiger partial charge in [0.05, 0.1) is 11.5 Å². The van der Waals surface area contributed by atoms with Gasteiger partial charge in [-0.25, -0.2) is 8.42 Å². The molecule has 0 aromatic rings. The van der Waals surface area contributed by atoms with Crippen LogP contribution in [0.3, 0.4) is 0 Å². The highest BCUT2D eigenvalue weighted by atomic mass is 32.2. The maximum absolute atomic E-state index is 11.4. The van der Waals surface area contributed by atoms with Crippen molar-refractivity contribution in [3.05, 3.63) is 12.7 Å². The lowest BCUT2D eigenvalue weighted by molar-refractivity contribution is 0.338. The zero-order valence-corrected chi connectivity index (χ0v) is 10.1. The van der Waals surface area contributed by atoms with E-state index >= 15 is 0 Å². The molecule has 0 aliphatic carbocycles. The molecule has 15 heavy (non-hydrogen) atoms. The minimum atomic E-state index is -2.79. The molecule has 0 amide bonds. The molecule has 0 spiro atoms. The molecule has 1 rings (SSSR count). The fourth-order valence-electron chi connectivity index (χ4n) is 1.74. The third kappa shape index (κ3) is 4.77. The van der Waals surface area contributed by atoms with Gasteiger partial charge in [0.1, 0.15) is 0 Å². The summed E-state index contributed by atoms with van der Waals surface area (Å²) >= 11 is 0. The lowest BCUT2D eigenvalue weighted by Crippen LogP contribution is -2.46. The molecule has 1 saturated heterocycles. The predicted molar refractivity (Wildman–Crippen MR) is 62.8 cm³/mol. The zero-order chi connectivity index (χ0) is 11.3. The largest absolute Gasteiger partial charge is 0.312 e. The van der Waals surface area contributed by atoms with Gasteiger partial charge >= 0.3 is 0 Å². The Kier molecular flexibility index (Phi) is 4.76. The molecule has 1 heterocycles. The summed E-state index contributed by atoms with van der Waals surface area (Å²) in [5.41, 5.74) is 0. The van der Waals surface area contributed by atoms with E-state index in [1.54, 1.807) is 0 Å². The minimum Gasteiger partial charge on any atom is -0.312 e. The van der Waals surface area contributed by atoms with Gasteiger partial charge < -0.3 is 10.2 Å². The van der Waals surface area contributed by atoms with Crippen LogP contribution in [0.1, 0.15) is 6.42 Å². The van der Waals surface area contributed by atoms with E-state index < -0.39 is 9.84 Å². The van der Waals surface area contributed by atoms with Gasteiger partial charge in [-0.2, -0.15) is 0 Å². The summed E-state index contributed by atoms with van der Waals surface area (Å²) < 4.78 is 22.7. The smallest absolute Gasteiger partial charge is 0.153 e. The summed E-state index contributed by atoms with van der Waals surface area (Å²) in [4.78, 5) is 2.13. The van der Waals surface area contributed by atoms with Crippen molar-refractivity contribution in [3.8, 4) is 0 Å². The number of nitrogens with one attached hydrogen (secondary N) is 1. The Labute approximate surface area is 92.3 Å². The second kappa shape index (κ2) is 5.63. The monoisotopic (exact) mass is 232 g/mol. The van der Waals surface area contributed by atoms with Crippen molar-refractivity contribution in [3.63, 3.8) is 0 Å². The van der Waals surface area contributed by atoms with Gasteiger partial charge in [-0.05, 0) is 20.0 Å². The summed E-state index contributed by atoms with van der Waals surface area (Å²) in [5, 5.41) is 3.24. The van der Waals surface area contributed by atoms with Gasteiger partial charge in [0.15, 0.2) is 9.84 Å². The Hall–Kier alpha value is -0.390. The second-order valence-corrected chi connectivity index (χ2v) is 6.33. The fourth-order valence-corrected chi connectivity index (χ4v) is 3.23. The lowest BCUT2D eigenvalue weighted by atomic mass is 10.2. The molecule has 5 heteroatoms. The SMILES string of the molecule is C=CCN(C)CCC1CS(=O)(=O)CCN1. The summed E-state index contributed by atoms with van der Waals surface area (Å²) in [6, 6.07) is 0.121. The molecule has 0 aromatic carbocycles. The molecular formula is C10H20N2O2S. The number of likely N-dealkylation sites (N-methyl/N-ethyl adjacent to an activating group) is 1. The average molecular weight is 232 g/mol. The van der Waals surface area contributed by atoms with Crippen LogP contribution in [0.5, 0.6) is 0 Å². The van der Waals surface area contributed by atoms with E-state index in [9.17, 15) is 8.42 Å². The molecule has 0 radical (unpaired) electrons. The highest BCUT2D eigenvalue weighted by molar-refractivity contribution is 7.91. The maximum Gasteiger partial charge on any atom is 0.153 e. The van der Waals surface area contributed by atoms with Crippen LogP contribution in [0, 0.1) is 0 Å². The topological polar surface area (TPSA) is 49.4 Å². The van der Waals surface area contributed by atoms with E-state index in [2.05, 4.69) is 16.8 Å². The molecule has 0 aromatic heterocycles. The normalized spacial score (nSPS) is 25.3. The second-order valence-electron chi connectivity index (χ2n) is 4.11. The van der Waals surface area contributed by atoms with E-state index in [0.717, 1.165) is 19.5 Å². The van der Waals surface area contributed by atoms with Crippen molar-refractivity contribution in [2.75, 3.05) is 38.2 Å². The molecule has 88 valence electrons. The first kappa shape index (κ1) is 12.7. The van der Waals surface area contributed by atoms with Crippen LogP contribution in [0.2, 0.25) is 0 Å². The van der Waals surface area contributed by atoms with Crippen LogP contribution in [0.4, 0.5) is 0 Å². The van der Waals surface area contributed by atoms with Gasteiger partial charge in [0, 0.05) is 19.1 Å². The quantitative estimate of drug-likeness (QED) is 0.672. The van der Waals surface area contributed by atoms with Crippen molar-refractivity contribution in [2.24, 2.45) is 0 Å². The molecule has 1 unspecified atom stereocenters. The van der Waals surface area contributed by atoms with Crippen LogP contribution in [-0.2, 0) is 9.84 Å². The predicted octanol–water partition coefficient (Wildman–Crippen LogP) is -0.119. The lowest BCUT2D eigenvalue weighted by Gasteiger charge is -2.25. The van der Waals surface area contributed by atoms with Crippen molar-refractivity contribution in [2.45, 2.75) is 12.5 Å². The number of hydrogen-bond donors (Lipinski definition) is 1. The van der Waals surface area contributed by atoms with Crippen molar-refractivity contribution < 1.29 is 8.42 Å². The molecule has 0 bridgehead atoms. The van der Waals surface area contributed by atoms with Crippen LogP contribution < -0.4 is 5.32 Å². The number of rotatable bonds is 5. The zero-order valence-electron chi connectivity index (χ0n) is 9.28. The average Bonchev–Trinajstić information content (AvgIpc) is 2.14. The molecule has 4 nitrogen and oxygen atoms in total. The van der Waals surface area contributed by atoms with E-state index in [1.807, 2.05) is 13.1 Å². The van der Waals surface area contributed by atoms with Gasteiger partial charge in [-0.3, -0.25) is 0 Å². The molecule has 1 fully saturated rings. The first-order valence-corrected chi connectivity index (χ1v) is 7.09. The molecule has 0 saturated carbocycles. The summed E-state index contributed by atoms with van der Waals surface area (Å²) in [6.07, 6.45) is 2.73. The molecule has 1 aliphatic heterocycles. The summed E-state index contributed by atoms with van der Waals surface area (Å²) in [6.45, 7) is 6.01. The van der Waals surface area contributed by atoms with Gasteiger partial charge in [-0.1, -0.05) is 6.08 Å². The third-order valence-corrected chi connectivity index (χ3v) is 4.34. The number of nitrogens with zero attached hydrogens (tertiary/aromatic N) is 1. The summed E-state index contributed by atoms with van der Waals surface area (Å²) in [7, 11) is -0.780. The molecule has 1 N–H and O–H groups in total. The van der Waals surface area contributed by atoms with E-state index in [1.165, 1.54) is 0 Å². The highest BCUT2D eigenvalue weighted by Gasteiger charge is 2.23. The highest BCUT2D eigenvalue weighted by Crippen LogP contribution is 2.05. The van der Waals surface area contributed by atoms with E-state index in [-0.39, 0.29) is 17.5 Å². The molecule has 1 atom stereocenters. The van der Waals surface area contributed by atoms with E-state index in [0.29, 0.717) is 6.54 Å². The van der Waals surface area contributed by atoms with Crippen LogP contribution in [0.25, 0.3) is 0 Å². The van der Waals surface area contributed by atoms with Crippen molar-refractivity contribution in [1.82, 2.24) is 10.2 Å². The number of sulfone groups is 1. The van der Waals surface area contributed by atoms with Crippen molar-refractivity contribution in [1.29, 1.82) is 0 Å². The molecule has 1 aliphatic rings. The standard InChI is InChI=1S/C10H20N2O2S/c1-3-6-12(2)7-4-10-9-15(13,14)8-5-11-10/h3,10-11H,1,4-9H2,2H3. The van der Waals surface area contributed by atoms with Crippen LogP contribution >= 0.6 is 0 Å². The van der Waals surface area contributed by atoms with E-state index in [4.69, 9.17) is 0 Å². The summed E-state index contributed by atoms with van der Waals surface area (Å²) in [5.74, 6) is 0.570. The first-order chi connectivity index (χ1) is 7.03. The Balaban J connectivity index is 2.30. The molecular weight excluding hydrogens is 212 g/mol. The maximum atomic E-state index is 11.4. The van der Waals surface area contributed by atoms with Crippen LogP contribution in [0.15, 0.2) is 12.7 Å². The van der Waals surface area contributed by atoms with Gasteiger partial charge in [0.25, 0.3) is 0 Å².